The predicted octanol–water partition coefficient (Wildman–Crippen LogP) is 4.53. The van der Waals surface area contributed by atoms with Crippen LogP contribution in [0, 0.1) is 0 Å². The van der Waals surface area contributed by atoms with Crippen molar-refractivity contribution < 1.29 is 29.0 Å². The van der Waals surface area contributed by atoms with Gasteiger partial charge in [-0.2, -0.15) is 0 Å². The topological polar surface area (TPSA) is 83.8 Å². The second kappa shape index (κ2) is 16.6. The number of carbonyl (C=O) groups excluding carboxylic acids is 1. The number of aliphatic hydroxyl groups is 1. The van der Waals surface area contributed by atoms with Crippen molar-refractivity contribution in [2.75, 3.05) is 27.7 Å². The first kappa shape index (κ1) is 27.9. The maximum Gasteiger partial charge on any atom is 0.335 e. The highest BCUT2D eigenvalue weighted by Crippen LogP contribution is 2.14. The summed E-state index contributed by atoms with van der Waals surface area (Å²) in [5.41, 5.74) is 0. The molecule has 1 unspecified atom stereocenters. The van der Waals surface area contributed by atoms with Gasteiger partial charge in [0.1, 0.15) is 6.54 Å². The van der Waals surface area contributed by atoms with Crippen LogP contribution >= 0.6 is 0 Å². The van der Waals surface area contributed by atoms with Crippen molar-refractivity contribution in [3.8, 4) is 0 Å². The fourth-order valence-corrected chi connectivity index (χ4v) is 3.49. The number of unbranched alkanes of at least 4 members (excludes halogenated alkanes) is 11. The van der Waals surface area contributed by atoms with Crippen LogP contribution in [0.5, 0.6) is 0 Å². The number of esters is 1. The average molecular weight is 417 g/mol. The number of carbonyl (C=O) groups is 2. The molecule has 6 heteroatoms. The van der Waals surface area contributed by atoms with E-state index in [1.165, 1.54) is 57.8 Å². The van der Waals surface area contributed by atoms with E-state index in [0.29, 0.717) is 17.4 Å². The van der Waals surface area contributed by atoms with E-state index >= 15 is 0 Å². The summed E-state index contributed by atoms with van der Waals surface area (Å²) in [6, 6.07) is 0. The third-order valence-corrected chi connectivity index (χ3v) is 5.04. The summed E-state index contributed by atoms with van der Waals surface area (Å²) in [6.07, 6.45) is 13.0. The SMILES string of the molecule is CCCCCCCCCCCCCCC(O)C(=O)O[C@H](CC(=O)O)C[N+](C)(C)C. The molecule has 29 heavy (non-hydrogen) atoms. The Kier molecular flexibility index (Phi) is 16.0. The highest BCUT2D eigenvalue weighted by Gasteiger charge is 2.27. The van der Waals surface area contributed by atoms with Crippen molar-refractivity contribution in [1.82, 2.24) is 0 Å². The number of aliphatic carboxylic acids is 1. The summed E-state index contributed by atoms with van der Waals surface area (Å²) < 4.78 is 5.76. The zero-order chi connectivity index (χ0) is 22.1. The highest BCUT2D eigenvalue weighted by molar-refractivity contribution is 5.75. The molecule has 0 bridgehead atoms. The number of likely N-dealkylation sites (N-methyl/N-ethyl adjacent to an activating group) is 1. The van der Waals surface area contributed by atoms with E-state index in [0.717, 1.165) is 19.3 Å². The third kappa shape index (κ3) is 18.6. The lowest BCUT2D eigenvalue weighted by Crippen LogP contribution is -2.44. The number of hydrogen-bond donors (Lipinski definition) is 2. The van der Waals surface area contributed by atoms with E-state index in [4.69, 9.17) is 9.84 Å². The lowest BCUT2D eigenvalue weighted by atomic mass is 10.0. The average Bonchev–Trinajstić information content (AvgIpc) is 2.60. The first-order valence-electron chi connectivity index (χ1n) is 11.6. The Hall–Kier alpha value is -1.14. The number of carboxylic acid groups (broad SMARTS) is 1. The minimum atomic E-state index is -1.16. The monoisotopic (exact) mass is 416 g/mol. The molecule has 0 radical (unpaired) electrons. The molecule has 2 N–H and O–H groups in total. The van der Waals surface area contributed by atoms with E-state index in [-0.39, 0.29) is 6.42 Å². The Morgan fingerprint density at radius 1 is 0.828 bits per heavy atom. The number of ether oxygens (including phenoxy) is 1. The molecule has 0 rings (SSSR count). The van der Waals surface area contributed by atoms with Gasteiger partial charge in [-0.25, -0.2) is 4.79 Å². The van der Waals surface area contributed by atoms with Crippen molar-refractivity contribution in [2.24, 2.45) is 0 Å². The highest BCUT2D eigenvalue weighted by atomic mass is 16.6. The Morgan fingerprint density at radius 2 is 1.28 bits per heavy atom. The molecule has 0 aromatic rings. The summed E-state index contributed by atoms with van der Waals surface area (Å²) in [4.78, 5) is 23.1. The molecule has 172 valence electrons. The number of quaternary nitrogens is 1. The van der Waals surface area contributed by atoms with Crippen LogP contribution in [0.25, 0.3) is 0 Å². The van der Waals surface area contributed by atoms with Crippen LogP contribution in [0.4, 0.5) is 0 Å². The van der Waals surface area contributed by atoms with Gasteiger partial charge in [0.2, 0.25) is 0 Å². The van der Waals surface area contributed by atoms with Crippen LogP contribution in [0.1, 0.15) is 96.8 Å². The number of aliphatic hydroxyl groups excluding tert-OH is 1. The quantitative estimate of drug-likeness (QED) is 0.184. The van der Waals surface area contributed by atoms with Crippen molar-refractivity contribution in [3.63, 3.8) is 0 Å². The molecule has 0 heterocycles. The summed E-state index contributed by atoms with van der Waals surface area (Å²) in [5, 5.41) is 19.0. The van der Waals surface area contributed by atoms with Crippen molar-refractivity contribution in [1.29, 1.82) is 0 Å². The maximum absolute atomic E-state index is 12.1. The van der Waals surface area contributed by atoms with E-state index in [1.54, 1.807) is 0 Å². The number of nitrogens with zero attached hydrogens (tertiary/aromatic N) is 1. The Labute approximate surface area is 178 Å². The van der Waals surface area contributed by atoms with Gasteiger partial charge in [-0.1, -0.05) is 84.0 Å². The molecule has 0 aliphatic rings. The molecular weight excluding hydrogens is 370 g/mol. The van der Waals surface area contributed by atoms with Crippen LogP contribution in [-0.4, -0.2) is 66.5 Å². The van der Waals surface area contributed by atoms with Crippen LogP contribution in [0.15, 0.2) is 0 Å². The molecule has 0 saturated carbocycles. The van der Waals surface area contributed by atoms with Gasteiger partial charge < -0.3 is 19.4 Å². The Morgan fingerprint density at radius 3 is 1.69 bits per heavy atom. The smallest absolute Gasteiger partial charge is 0.335 e. The molecule has 2 atom stereocenters. The third-order valence-electron chi connectivity index (χ3n) is 5.04. The van der Waals surface area contributed by atoms with Crippen molar-refractivity contribution >= 4 is 11.9 Å². The van der Waals surface area contributed by atoms with E-state index in [9.17, 15) is 14.7 Å². The van der Waals surface area contributed by atoms with Gasteiger partial charge >= 0.3 is 11.9 Å². The lowest BCUT2D eigenvalue weighted by Gasteiger charge is -2.28. The molecule has 0 aliphatic carbocycles. The number of hydrogen-bond acceptors (Lipinski definition) is 4. The van der Waals surface area contributed by atoms with Gasteiger partial charge in [-0.05, 0) is 6.42 Å². The molecule has 0 aliphatic heterocycles. The summed E-state index contributed by atoms with van der Waals surface area (Å²) >= 11 is 0. The molecule has 0 amide bonds. The van der Waals surface area contributed by atoms with Gasteiger partial charge in [-0.3, -0.25) is 4.79 Å². The lowest BCUT2D eigenvalue weighted by molar-refractivity contribution is -0.873. The minimum Gasteiger partial charge on any atom is -0.481 e. The molecule has 6 nitrogen and oxygen atoms in total. The van der Waals surface area contributed by atoms with Crippen LogP contribution in [0.2, 0.25) is 0 Å². The Bertz CT molecular complexity index is 433. The molecule has 0 fully saturated rings. The van der Waals surface area contributed by atoms with E-state index in [1.807, 2.05) is 21.1 Å². The van der Waals surface area contributed by atoms with Crippen molar-refractivity contribution in [2.45, 2.75) is 109 Å². The van der Waals surface area contributed by atoms with E-state index < -0.39 is 24.1 Å². The fourth-order valence-electron chi connectivity index (χ4n) is 3.49. The van der Waals surface area contributed by atoms with Crippen LogP contribution in [-0.2, 0) is 14.3 Å². The predicted molar refractivity (Wildman–Crippen MR) is 117 cm³/mol. The molecule has 0 aromatic heterocycles. The first-order chi connectivity index (χ1) is 13.7. The van der Waals surface area contributed by atoms with E-state index in [2.05, 4.69) is 6.92 Å². The van der Waals surface area contributed by atoms with Gasteiger partial charge in [0.15, 0.2) is 12.2 Å². The zero-order valence-corrected chi connectivity index (χ0v) is 19.3. The summed E-state index contributed by atoms with van der Waals surface area (Å²) in [6.45, 7) is 2.63. The van der Waals surface area contributed by atoms with Crippen LogP contribution < -0.4 is 0 Å². The van der Waals surface area contributed by atoms with Crippen LogP contribution in [0.3, 0.4) is 0 Å². The largest absolute Gasteiger partial charge is 0.481 e. The van der Waals surface area contributed by atoms with Gasteiger partial charge in [0, 0.05) is 0 Å². The summed E-state index contributed by atoms with van der Waals surface area (Å²) in [5.74, 6) is -1.71. The van der Waals surface area contributed by atoms with Gasteiger partial charge in [-0.15, -0.1) is 0 Å². The standard InChI is InChI=1S/C23H45NO5/c1-5-6-7-8-9-10-11-12-13-14-15-16-17-21(25)23(28)29-20(18-22(26)27)19-24(2,3)4/h20-21,25H,5-19H2,1-4H3/p+1/t20-,21?/m1/s1. The fraction of sp³-hybridized carbons (Fsp3) is 0.913. The maximum atomic E-state index is 12.1. The van der Waals surface area contributed by atoms with Crippen molar-refractivity contribution in [3.05, 3.63) is 0 Å². The van der Waals surface area contributed by atoms with Gasteiger partial charge in [0.05, 0.1) is 27.6 Å². The zero-order valence-electron chi connectivity index (χ0n) is 19.3. The number of rotatable bonds is 19. The summed E-state index contributed by atoms with van der Waals surface area (Å²) in [7, 11) is 5.72. The number of carboxylic acids is 1. The molecule has 0 saturated heterocycles. The Balaban J connectivity index is 3.83. The second-order valence-electron chi connectivity index (χ2n) is 9.32. The second-order valence-corrected chi connectivity index (χ2v) is 9.32. The minimum absolute atomic E-state index is 0.243. The molecule has 0 spiro atoms. The normalized spacial score (nSPS) is 13.8. The molecule has 0 aromatic carbocycles. The van der Waals surface area contributed by atoms with Gasteiger partial charge in [0.25, 0.3) is 0 Å². The first-order valence-corrected chi connectivity index (χ1v) is 11.6. The molecular formula is C23H46NO5+.